The molecule has 0 radical (unpaired) electrons. The number of aldehydes is 1. The van der Waals surface area contributed by atoms with E-state index >= 15 is 0 Å². The highest BCUT2D eigenvalue weighted by Crippen LogP contribution is 1.99. The molecule has 0 fully saturated rings. The van der Waals surface area contributed by atoms with Crippen molar-refractivity contribution >= 4 is 6.29 Å². The van der Waals surface area contributed by atoms with E-state index in [9.17, 15) is 4.79 Å². The molecule has 0 saturated carbocycles. The number of hydrogen-bond donors (Lipinski definition) is 0. The SMILES string of the molecule is CCN(CC)C(C)CC=O. The monoisotopic (exact) mass is 143 g/mol. The van der Waals surface area contributed by atoms with Gasteiger partial charge in [0, 0.05) is 12.5 Å². The number of rotatable bonds is 5. The molecule has 2 nitrogen and oxygen atoms in total. The van der Waals surface area contributed by atoms with E-state index in [1.54, 1.807) is 0 Å². The molecule has 1 atom stereocenters. The molecule has 0 aliphatic rings. The Bertz CT molecular complexity index is 89.3. The maximum absolute atomic E-state index is 10.1. The third kappa shape index (κ3) is 2.97. The molecule has 0 aromatic carbocycles. The van der Waals surface area contributed by atoms with Gasteiger partial charge in [0.15, 0.2) is 0 Å². The van der Waals surface area contributed by atoms with Crippen molar-refractivity contribution in [2.24, 2.45) is 0 Å². The summed E-state index contributed by atoms with van der Waals surface area (Å²) >= 11 is 0. The summed E-state index contributed by atoms with van der Waals surface area (Å²) in [4.78, 5) is 12.4. The summed E-state index contributed by atoms with van der Waals surface area (Å²) in [5, 5.41) is 0. The molecule has 60 valence electrons. The number of carbonyl (C=O) groups excluding carboxylic acids is 1. The standard InChI is InChI=1S/C8H17NO/c1-4-9(5-2)8(3)6-7-10/h7-8H,4-6H2,1-3H3. The summed E-state index contributed by atoms with van der Waals surface area (Å²) in [5.41, 5.74) is 0. The highest BCUT2D eigenvalue weighted by atomic mass is 16.1. The van der Waals surface area contributed by atoms with Crippen LogP contribution < -0.4 is 0 Å². The molecule has 1 unspecified atom stereocenters. The summed E-state index contributed by atoms with van der Waals surface area (Å²) in [6.07, 6.45) is 1.64. The number of hydrogen-bond acceptors (Lipinski definition) is 2. The average molecular weight is 143 g/mol. The van der Waals surface area contributed by atoms with E-state index in [4.69, 9.17) is 0 Å². The Morgan fingerprint density at radius 3 is 2.20 bits per heavy atom. The highest BCUT2D eigenvalue weighted by Gasteiger charge is 2.07. The number of nitrogens with zero attached hydrogens (tertiary/aromatic N) is 1. The third-order valence-corrected chi connectivity index (χ3v) is 1.87. The van der Waals surface area contributed by atoms with Crippen molar-refractivity contribution in [2.45, 2.75) is 33.2 Å². The van der Waals surface area contributed by atoms with Crippen molar-refractivity contribution in [3.63, 3.8) is 0 Å². The van der Waals surface area contributed by atoms with Crippen LogP contribution in [0.1, 0.15) is 27.2 Å². The van der Waals surface area contributed by atoms with Crippen LogP contribution in [0.5, 0.6) is 0 Å². The van der Waals surface area contributed by atoms with E-state index in [2.05, 4.69) is 25.7 Å². The van der Waals surface area contributed by atoms with Crippen LogP contribution in [-0.4, -0.2) is 30.3 Å². The molecule has 0 bridgehead atoms. The molecule has 0 aliphatic carbocycles. The summed E-state index contributed by atoms with van der Waals surface area (Å²) < 4.78 is 0. The van der Waals surface area contributed by atoms with Crippen molar-refractivity contribution in [1.82, 2.24) is 4.90 Å². The smallest absolute Gasteiger partial charge is 0.121 e. The molecule has 0 saturated heterocycles. The fourth-order valence-electron chi connectivity index (χ4n) is 1.14. The van der Waals surface area contributed by atoms with Gasteiger partial charge in [0.25, 0.3) is 0 Å². The minimum atomic E-state index is 0.410. The largest absolute Gasteiger partial charge is 0.303 e. The van der Waals surface area contributed by atoms with Gasteiger partial charge in [0.2, 0.25) is 0 Å². The lowest BCUT2D eigenvalue weighted by molar-refractivity contribution is -0.108. The van der Waals surface area contributed by atoms with Crippen molar-refractivity contribution in [2.75, 3.05) is 13.1 Å². The van der Waals surface area contributed by atoms with E-state index < -0.39 is 0 Å². The minimum absolute atomic E-state index is 0.410. The second-order valence-corrected chi connectivity index (χ2v) is 2.47. The molecule has 0 aromatic heterocycles. The van der Waals surface area contributed by atoms with Crippen LogP contribution in [-0.2, 0) is 4.79 Å². The average Bonchev–Trinajstić information content (AvgIpc) is 1.91. The van der Waals surface area contributed by atoms with Crippen LogP contribution in [0.15, 0.2) is 0 Å². The van der Waals surface area contributed by atoms with Crippen LogP contribution in [0, 0.1) is 0 Å². The van der Waals surface area contributed by atoms with E-state index in [1.807, 2.05) is 0 Å². The van der Waals surface area contributed by atoms with Gasteiger partial charge in [-0.1, -0.05) is 13.8 Å². The second kappa shape index (κ2) is 5.42. The lowest BCUT2D eigenvalue weighted by Crippen LogP contribution is -2.32. The Morgan fingerprint density at radius 2 is 1.90 bits per heavy atom. The molecule has 0 aromatic rings. The number of carbonyl (C=O) groups is 1. The molecule has 0 aliphatic heterocycles. The molecule has 2 heteroatoms. The fourth-order valence-corrected chi connectivity index (χ4v) is 1.14. The first-order valence-electron chi connectivity index (χ1n) is 3.93. The van der Waals surface area contributed by atoms with Gasteiger partial charge in [0.1, 0.15) is 6.29 Å². The van der Waals surface area contributed by atoms with Gasteiger partial charge in [-0.25, -0.2) is 0 Å². The molecule has 0 heterocycles. The van der Waals surface area contributed by atoms with E-state index in [-0.39, 0.29) is 0 Å². The second-order valence-electron chi connectivity index (χ2n) is 2.47. The topological polar surface area (TPSA) is 20.3 Å². The van der Waals surface area contributed by atoms with E-state index in [0.717, 1.165) is 19.4 Å². The first-order valence-corrected chi connectivity index (χ1v) is 3.93. The normalized spacial score (nSPS) is 13.6. The highest BCUT2D eigenvalue weighted by molar-refractivity contribution is 5.50. The maximum atomic E-state index is 10.1. The van der Waals surface area contributed by atoms with Gasteiger partial charge in [-0.3, -0.25) is 0 Å². The van der Waals surface area contributed by atoms with Gasteiger partial charge >= 0.3 is 0 Å². The van der Waals surface area contributed by atoms with E-state index in [1.165, 1.54) is 0 Å². The fraction of sp³-hybridized carbons (Fsp3) is 0.875. The van der Waals surface area contributed by atoms with E-state index in [0.29, 0.717) is 12.5 Å². The van der Waals surface area contributed by atoms with Crippen LogP contribution in [0.2, 0.25) is 0 Å². The first-order chi connectivity index (χ1) is 4.76. The van der Waals surface area contributed by atoms with Crippen LogP contribution in [0.3, 0.4) is 0 Å². The molecular weight excluding hydrogens is 126 g/mol. The molecule has 0 rings (SSSR count). The Hall–Kier alpha value is -0.370. The van der Waals surface area contributed by atoms with Gasteiger partial charge in [-0.15, -0.1) is 0 Å². The Morgan fingerprint density at radius 1 is 1.40 bits per heavy atom. The first kappa shape index (κ1) is 9.63. The van der Waals surface area contributed by atoms with Crippen molar-refractivity contribution < 1.29 is 4.79 Å². The maximum Gasteiger partial charge on any atom is 0.121 e. The van der Waals surface area contributed by atoms with Crippen molar-refractivity contribution in [3.05, 3.63) is 0 Å². The minimum Gasteiger partial charge on any atom is -0.303 e. The molecule has 10 heavy (non-hydrogen) atoms. The Kier molecular flexibility index (Phi) is 5.22. The van der Waals surface area contributed by atoms with Crippen LogP contribution in [0.25, 0.3) is 0 Å². The van der Waals surface area contributed by atoms with Gasteiger partial charge in [-0.2, -0.15) is 0 Å². The lowest BCUT2D eigenvalue weighted by atomic mass is 10.2. The zero-order chi connectivity index (χ0) is 7.98. The van der Waals surface area contributed by atoms with Crippen molar-refractivity contribution in [1.29, 1.82) is 0 Å². The Labute approximate surface area is 63.2 Å². The van der Waals surface area contributed by atoms with Crippen molar-refractivity contribution in [3.8, 4) is 0 Å². The predicted molar refractivity (Wildman–Crippen MR) is 43.1 cm³/mol. The molecule has 0 spiro atoms. The summed E-state index contributed by atoms with van der Waals surface area (Å²) in [6.45, 7) is 8.38. The molecule has 0 N–H and O–H groups in total. The zero-order valence-electron chi connectivity index (χ0n) is 7.13. The predicted octanol–water partition coefficient (Wildman–Crippen LogP) is 1.31. The van der Waals surface area contributed by atoms with Crippen LogP contribution in [0.4, 0.5) is 0 Å². The molecule has 0 amide bonds. The summed E-state index contributed by atoms with van der Waals surface area (Å²) in [5.74, 6) is 0. The Balaban J connectivity index is 3.63. The third-order valence-electron chi connectivity index (χ3n) is 1.87. The van der Waals surface area contributed by atoms with Crippen LogP contribution >= 0.6 is 0 Å². The summed E-state index contributed by atoms with van der Waals surface area (Å²) in [6, 6.07) is 0.410. The van der Waals surface area contributed by atoms with Gasteiger partial charge < -0.3 is 9.69 Å². The van der Waals surface area contributed by atoms with Gasteiger partial charge in [-0.05, 0) is 20.0 Å². The quantitative estimate of drug-likeness (QED) is 0.541. The summed E-state index contributed by atoms with van der Waals surface area (Å²) in [7, 11) is 0. The molecular formula is C8H17NO. The van der Waals surface area contributed by atoms with Gasteiger partial charge in [0.05, 0.1) is 0 Å². The lowest BCUT2D eigenvalue weighted by Gasteiger charge is -2.24. The zero-order valence-corrected chi connectivity index (χ0v) is 7.13.